The molecule has 4 heterocycles. The normalized spacial score (nSPS) is 21.4. The van der Waals surface area contributed by atoms with E-state index in [1.54, 1.807) is 0 Å². The van der Waals surface area contributed by atoms with Gasteiger partial charge in [-0.2, -0.15) is 5.10 Å². The van der Waals surface area contributed by atoms with Gasteiger partial charge in [-0.15, -0.1) is 11.3 Å². The molecule has 1 fully saturated rings. The number of hydrogen-bond donors (Lipinski definition) is 3. The number of thiophene rings is 1. The third-order valence-corrected chi connectivity index (χ3v) is 7.29. The highest BCUT2D eigenvalue weighted by molar-refractivity contribution is 7.22. The molecule has 0 spiro atoms. The summed E-state index contributed by atoms with van der Waals surface area (Å²) in [6.45, 7) is 2.17. The Morgan fingerprint density at radius 1 is 1.38 bits per heavy atom. The van der Waals surface area contributed by atoms with Crippen LogP contribution in [-0.2, 0) is 13.6 Å². The fraction of sp³-hybridized carbons (Fsp3) is 0.450. The van der Waals surface area contributed by atoms with Gasteiger partial charge in [0.05, 0.1) is 26.5 Å². The first-order valence-corrected chi connectivity index (χ1v) is 10.7. The van der Waals surface area contributed by atoms with Gasteiger partial charge in [0.15, 0.2) is 11.6 Å². The van der Waals surface area contributed by atoms with Gasteiger partial charge in [-0.1, -0.05) is 12.8 Å². The Hall–Kier alpha value is -2.52. The monoisotopic (exact) mass is 414 g/mol. The Kier molecular flexibility index (Phi) is 4.32. The first-order valence-electron chi connectivity index (χ1n) is 9.90. The number of aromatic nitrogens is 3. The van der Waals surface area contributed by atoms with Gasteiger partial charge in [0.25, 0.3) is 5.91 Å². The number of halogens is 1. The average Bonchev–Trinajstić information content (AvgIpc) is 3.36. The van der Waals surface area contributed by atoms with E-state index in [-0.39, 0.29) is 30.4 Å². The molecule has 7 nitrogen and oxygen atoms in total. The second-order valence-electron chi connectivity index (χ2n) is 7.89. The van der Waals surface area contributed by atoms with E-state index in [9.17, 15) is 4.79 Å². The molecule has 3 aromatic rings. The van der Waals surface area contributed by atoms with E-state index in [0.29, 0.717) is 16.8 Å². The molecule has 1 saturated carbocycles. The largest absolute Gasteiger partial charge is 0.363 e. The number of amides is 1. The molecule has 5 rings (SSSR count). The molecule has 1 aliphatic carbocycles. The molecule has 2 unspecified atom stereocenters. The lowest BCUT2D eigenvalue weighted by Gasteiger charge is -2.30. The SMILES string of the molecule is Cc1c2sc(-c3nc(NC4CCCCC4N)c(F)c4c3C(=O)NC4)cc2nn1C. The Bertz CT molecular complexity index is 1140. The third kappa shape index (κ3) is 2.91. The molecular weight excluding hydrogens is 391 g/mol. The summed E-state index contributed by atoms with van der Waals surface area (Å²) in [4.78, 5) is 17.9. The van der Waals surface area contributed by atoms with E-state index in [4.69, 9.17) is 5.73 Å². The minimum Gasteiger partial charge on any atom is -0.363 e. The highest BCUT2D eigenvalue weighted by atomic mass is 32.1. The zero-order valence-electron chi connectivity index (χ0n) is 16.4. The lowest BCUT2D eigenvalue weighted by Crippen LogP contribution is -2.43. The first kappa shape index (κ1) is 18.5. The predicted molar refractivity (Wildman–Crippen MR) is 112 cm³/mol. The van der Waals surface area contributed by atoms with Gasteiger partial charge in [-0.05, 0) is 25.8 Å². The second-order valence-corrected chi connectivity index (χ2v) is 8.94. The van der Waals surface area contributed by atoms with Crippen molar-refractivity contribution in [3.05, 3.63) is 28.7 Å². The van der Waals surface area contributed by atoms with Crippen LogP contribution in [0.15, 0.2) is 6.07 Å². The van der Waals surface area contributed by atoms with Crippen LogP contribution in [-0.4, -0.2) is 32.8 Å². The van der Waals surface area contributed by atoms with Gasteiger partial charge in [0.1, 0.15) is 5.52 Å². The summed E-state index contributed by atoms with van der Waals surface area (Å²) in [6.07, 6.45) is 3.96. The third-order valence-electron chi connectivity index (χ3n) is 6.05. The van der Waals surface area contributed by atoms with Gasteiger partial charge in [-0.25, -0.2) is 9.37 Å². The summed E-state index contributed by atoms with van der Waals surface area (Å²) in [6, 6.07) is 1.88. The van der Waals surface area contributed by atoms with Gasteiger partial charge >= 0.3 is 0 Å². The van der Waals surface area contributed by atoms with Gasteiger partial charge in [-0.3, -0.25) is 9.48 Å². The number of pyridine rings is 1. The van der Waals surface area contributed by atoms with E-state index < -0.39 is 5.82 Å². The molecular formula is C20H23FN6OS. The van der Waals surface area contributed by atoms with Crippen LogP contribution in [0.25, 0.3) is 20.8 Å². The van der Waals surface area contributed by atoms with Crippen molar-refractivity contribution in [1.29, 1.82) is 0 Å². The highest BCUT2D eigenvalue weighted by Gasteiger charge is 2.32. The molecule has 0 saturated heterocycles. The molecule has 0 radical (unpaired) electrons. The Morgan fingerprint density at radius 2 is 2.17 bits per heavy atom. The maximum atomic E-state index is 15.2. The van der Waals surface area contributed by atoms with E-state index >= 15 is 4.39 Å². The van der Waals surface area contributed by atoms with Crippen LogP contribution in [0.4, 0.5) is 10.2 Å². The van der Waals surface area contributed by atoms with Crippen molar-refractivity contribution >= 4 is 33.3 Å². The second kappa shape index (κ2) is 6.77. The number of carbonyl (C=O) groups is 1. The summed E-state index contributed by atoms with van der Waals surface area (Å²) in [5.41, 5.74) is 9.35. The summed E-state index contributed by atoms with van der Waals surface area (Å²) >= 11 is 1.53. The van der Waals surface area contributed by atoms with Crippen molar-refractivity contribution in [3.63, 3.8) is 0 Å². The van der Waals surface area contributed by atoms with Crippen LogP contribution in [0.2, 0.25) is 0 Å². The number of anilines is 1. The number of aryl methyl sites for hydroxylation is 2. The molecule has 2 atom stereocenters. The van der Waals surface area contributed by atoms with Crippen molar-refractivity contribution in [2.75, 3.05) is 5.32 Å². The van der Waals surface area contributed by atoms with E-state index in [0.717, 1.165) is 46.5 Å². The average molecular weight is 415 g/mol. The van der Waals surface area contributed by atoms with Crippen molar-refractivity contribution < 1.29 is 9.18 Å². The molecule has 0 bridgehead atoms. The van der Waals surface area contributed by atoms with Crippen LogP contribution in [0.3, 0.4) is 0 Å². The Morgan fingerprint density at radius 3 is 2.93 bits per heavy atom. The minimum atomic E-state index is -0.462. The summed E-state index contributed by atoms with van der Waals surface area (Å²) < 4.78 is 18.1. The van der Waals surface area contributed by atoms with Crippen molar-refractivity contribution in [1.82, 2.24) is 20.1 Å². The maximum absolute atomic E-state index is 15.2. The molecule has 0 aromatic carbocycles. The lowest BCUT2D eigenvalue weighted by molar-refractivity contribution is 0.0966. The van der Waals surface area contributed by atoms with E-state index in [2.05, 4.69) is 20.7 Å². The van der Waals surface area contributed by atoms with Gasteiger partial charge in [0, 0.05) is 31.2 Å². The van der Waals surface area contributed by atoms with Gasteiger partial charge in [0.2, 0.25) is 0 Å². The maximum Gasteiger partial charge on any atom is 0.254 e. The van der Waals surface area contributed by atoms with Crippen LogP contribution < -0.4 is 16.4 Å². The zero-order valence-corrected chi connectivity index (χ0v) is 17.2. The molecule has 3 aromatic heterocycles. The molecule has 152 valence electrons. The number of carbonyl (C=O) groups excluding carboxylic acids is 1. The Labute approximate surface area is 171 Å². The van der Waals surface area contributed by atoms with Gasteiger partial charge < -0.3 is 16.4 Å². The minimum absolute atomic E-state index is 0.0192. The zero-order chi connectivity index (χ0) is 20.3. The molecule has 29 heavy (non-hydrogen) atoms. The number of nitrogens with two attached hydrogens (primary N) is 1. The number of rotatable bonds is 3. The summed E-state index contributed by atoms with van der Waals surface area (Å²) in [5, 5.41) is 10.5. The molecule has 2 aliphatic rings. The van der Waals surface area contributed by atoms with Crippen LogP contribution in [0, 0.1) is 12.7 Å². The van der Waals surface area contributed by atoms with Crippen LogP contribution >= 0.6 is 11.3 Å². The van der Waals surface area contributed by atoms with Crippen molar-refractivity contribution in [3.8, 4) is 10.6 Å². The van der Waals surface area contributed by atoms with Crippen LogP contribution in [0.5, 0.6) is 0 Å². The van der Waals surface area contributed by atoms with Crippen molar-refractivity contribution in [2.45, 2.75) is 51.2 Å². The summed E-state index contributed by atoms with van der Waals surface area (Å²) in [7, 11) is 1.90. The lowest BCUT2D eigenvalue weighted by atomic mass is 9.91. The predicted octanol–water partition coefficient (Wildman–Crippen LogP) is 3.07. The van der Waals surface area contributed by atoms with Crippen molar-refractivity contribution in [2.24, 2.45) is 12.8 Å². The van der Waals surface area contributed by atoms with Crippen LogP contribution in [0.1, 0.15) is 47.3 Å². The first-order chi connectivity index (χ1) is 13.9. The number of fused-ring (bicyclic) bond motifs is 2. The number of nitrogens with zero attached hydrogens (tertiary/aromatic N) is 3. The topological polar surface area (TPSA) is 97.9 Å². The smallest absolute Gasteiger partial charge is 0.254 e. The molecule has 4 N–H and O–H groups in total. The summed E-state index contributed by atoms with van der Waals surface area (Å²) in [5.74, 6) is -0.567. The standard InChI is InChI=1S/C20H23FN6OS/c1-9-18-13(26-27(9)2)7-14(29-18)17-15-10(8-23-20(15)28)16(21)19(25-17)24-12-6-4-3-5-11(12)22/h7,11-12H,3-6,8,22H2,1-2H3,(H,23,28)(H,24,25). The Balaban J connectivity index is 1.63. The van der Waals surface area contributed by atoms with E-state index in [1.165, 1.54) is 11.3 Å². The molecule has 1 amide bonds. The van der Waals surface area contributed by atoms with E-state index in [1.807, 2.05) is 24.7 Å². The fourth-order valence-corrected chi connectivity index (χ4v) is 5.40. The quantitative estimate of drug-likeness (QED) is 0.612. The molecule has 1 aliphatic heterocycles. The number of hydrogen-bond acceptors (Lipinski definition) is 6. The number of nitrogens with one attached hydrogen (secondary N) is 2. The fourth-order valence-electron chi connectivity index (χ4n) is 4.28. The highest BCUT2D eigenvalue weighted by Crippen LogP contribution is 2.39. The molecule has 9 heteroatoms.